The Morgan fingerprint density at radius 1 is 1.75 bits per heavy atom. The number of nitrogens with one attached hydrogen (secondary N) is 2. The first kappa shape index (κ1) is 4.61. The van der Waals surface area contributed by atoms with Crippen LogP contribution in [-0.4, -0.2) is 5.21 Å². The summed E-state index contributed by atoms with van der Waals surface area (Å²) in [5.74, 6) is 0. The summed E-state index contributed by atoms with van der Waals surface area (Å²) in [5, 5.41) is 7.51. The van der Waals surface area contributed by atoms with Crippen LogP contribution >= 0.6 is 22.9 Å². The summed E-state index contributed by atoms with van der Waals surface area (Å²) in [4.78, 5) is 0. The van der Waals surface area contributed by atoms with E-state index in [0.717, 1.165) is 0 Å². The van der Waals surface area contributed by atoms with Crippen LogP contribution in [0.15, 0.2) is 0 Å². The van der Waals surface area contributed by atoms with Gasteiger partial charge >= 0.3 is 0 Å². The summed E-state index contributed by atoms with van der Waals surface area (Å²) in [6.07, 6.45) is 0. The average Bonchev–Trinajstić information content (AvgIpc) is 1.37. The van der Waals surface area contributed by atoms with Gasteiger partial charge < -0.3 is 5.21 Å². The molecule has 3 N–H and O–H groups in total. The lowest BCUT2D eigenvalue weighted by Gasteiger charge is -1.77. The zero-order valence-electron chi connectivity index (χ0n) is 1.83. The van der Waals surface area contributed by atoms with Gasteiger partial charge in [-0.15, -0.1) is 5.59 Å². The third-order valence-corrected chi connectivity index (χ3v) is 0.283. The average molecular weight is 174 g/mol. The molecular formula is H3IN2O. The number of rotatable bonds is 1. The maximum Gasteiger partial charge on any atom is 0.0354 e. The van der Waals surface area contributed by atoms with Gasteiger partial charge in [0.05, 0.1) is 0 Å². The van der Waals surface area contributed by atoms with Gasteiger partial charge in [-0.2, -0.15) is 3.64 Å². The van der Waals surface area contributed by atoms with Gasteiger partial charge in [-0.3, -0.25) is 0 Å². The lowest BCUT2D eigenvalue weighted by Crippen LogP contribution is -2.15. The first-order chi connectivity index (χ1) is 1.91. The minimum absolute atomic E-state index is 1.67. The zero-order chi connectivity index (χ0) is 3.41. The summed E-state index contributed by atoms with van der Waals surface area (Å²) < 4.78 is 2.21. The lowest BCUT2D eigenvalue weighted by atomic mass is 12.8. The molecule has 0 aromatic carbocycles. The number of hydrogen-bond acceptors (Lipinski definition) is 3. The predicted molar refractivity (Wildman–Crippen MR) is 22.1 cm³/mol. The van der Waals surface area contributed by atoms with Crippen molar-refractivity contribution in [1.29, 1.82) is 0 Å². The molecule has 4 heavy (non-hydrogen) atoms. The van der Waals surface area contributed by atoms with Crippen molar-refractivity contribution >= 4 is 22.9 Å². The molecule has 0 amide bonds. The SMILES string of the molecule is ONNI. The second-order valence-electron chi connectivity index (χ2n) is 0.206. The summed E-state index contributed by atoms with van der Waals surface area (Å²) in [6.45, 7) is 0. The molecule has 0 bridgehead atoms. The van der Waals surface area contributed by atoms with Crippen LogP contribution in [-0.2, 0) is 0 Å². The van der Waals surface area contributed by atoms with Crippen molar-refractivity contribution in [2.75, 3.05) is 0 Å². The zero-order valence-corrected chi connectivity index (χ0v) is 3.98. The fourth-order valence-electron chi connectivity index (χ4n) is 0. The van der Waals surface area contributed by atoms with Crippen molar-refractivity contribution in [3.05, 3.63) is 0 Å². The Labute approximate surface area is 37.8 Å². The van der Waals surface area contributed by atoms with E-state index < -0.39 is 0 Å². The second kappa shape index (κ2) is 3.61. The number of halogens is 1. The van der Waals surface area contributed by atoms with Crippen LogP contribution in [0, 0.1) is 0 Å². The quantitative estimate of drug-likeness (QED) is 0.293. The minimum Gasteiger partial charge on any atom is -0.301 e. The monoisotopic (exact) mass is 174 g/mol. The largest absolute Gasteiger partial charge is 0.301 e. The smallest absolute Gasteiger partial charge is 0.0354 e. The van der Waals surface area contributed by atoms with Crippen molar-refractivity contribution in [3.63, 3.8) is 0 Å². The molecule has 0 atom stereocenters. The normalized spacial score (nSPS) is 7.50. The van der Waals surface area contributed by atoms with Crippen molar-refractivity contribution in [2.45, 2.75) is 0 Å². The second-order valence-corrected chi connectivity index (χ2v) is 0.746. The number of hydrogen-bond donors (Lipinski definition) is 3. The van der Waals surface area contributed by atoms with Gasteiger partial charge in [-0.25, -0.2) is 0 Å². The Morgan fingerprint density at radius 3 is 2.00 bits per heavy atom. The highest BCUT2D eigenvalue weighted by atomic mass is 127. The van der Waals surface area contributed by atoms with Gasteiger partial charge in [0.2, 0.25) is 0 Å². The summed E-state index contributed by atoms with van der Waals surface area (Å²) in [7, 11) is 0. The fourth-order valence-corrected chi connectivity index (χ4v) is 0. The van der Waals surface area contributed by atoms with Crippen molar-refractivity contribution in [2.24, 2.45) is 0 Å². The van der Waals surface area contributed by atoms with E-state index in [1.54, 1.807) is 28.5 Å². The first-order valence-electron chi connectivity index (χ1n) is 0.663. The highest BCUT2D eigenvalue weighted by Crippen LogP contribution is 1.51. The summed E-state index contributed by atoms with van der Waals surface area (Å²) >= 11 is 1.74. The third kappa shape index (κ3) is 2.61. The van der Waals surface area contributed by atoms with Crippen molar-refractivity contribution in [1.82, 2.24) is 9.23 Å². The molecule has 0 fully saturated rings. The maximum absolute atomic E-state index is 7.51. The topological polar surface area (TPSA) is 44.3 Å². The summed E-state index contributed by atoms with van der Waals surface area (Å²) in [5.41, 5.74) is 1.67. The first-order valence-corrected chi connectivity index (χ1v) is 1.74. The molecule has 4 heteroatoms. The van der Waals surface area contributed by atoms with E-state index >= 15 is 0 Å². The molecule has 0 heterocycles. The van der Waals surface area contributed by atoms with Gasteiger partial charge in [-0.1, -0.05) is 0 Å². The van der Waals surface area contributed by atoms with Crippen LogP contribution in [0.25, 0.3) is 0 Å². The number of hydrazine groups is 1. The molecule has 0 aliphatic rings. The maximum atomic E-state index is 7.51. The molecule has 0 aromatic heterocycles. The van der Waals surface area contributed by atoms with E-state index in [-0.39, 0.29) is 0 Å². The molecule has 0 saturated heterocycles. The molecule has 0 aliphatic carbocycles. The molecule has 0 aliphatic heterocycles. The van der Waals surface area contributed by atoms with E-state index in [4.69, 9.17) is 5.21 Å². The van der Waals surface area contributed by atoms with Gasteiger partial charge in [0.1, 0.15) is 0 Å². The molecule has 0 rings (SSSR count). The fraction of sp³-hybridized carbons (Fsp3) is 0. The van der Waals surface area contributed by atoms with Crippen LogP contribution in [0.3, 0.4) is 0 Å². The lowest BCUT2D eigenvalue weighted by molar-refractivity contribution is 0.158. The Kier molecular flexibility index (Phi) is 4.16. The van der Waals surface area contributed by atoms with Crippen molar-refractivity contribution in [3.8, 4) is 0 Å². The van der Waals surface area contributed by atoms with Crippen molar-refractivity contribution < 1.29 is 5.21 Å². The molecule has 0 spiro atoms. The van der Waals surface area contributed by atoms with E-state index in [2.05, 4.69) is 3.64 Å². The van der Waals surface area contributed by atoms with Crippen LogP contribution < -0.4 is 9.23 Å². The Balaban J connectivity index is 1.97. The van der Waals surface area contributed by atoms with Gasteiger partial charge in [0, 0.05) is 22.9 Å². The molecular weight excluding hydrogens is 171 g/mol. The highest BCUT2D eigenvalue weighted by Gasteiger charge is 1.48. The van der Waals surface area contributed by atoms with Crippen LogP contribution in [0.1, 0.15) is 0 Å². The predicted octanol–water partition coefficient (Wildman–Crippen LogP) is -0.180. The van der Waals surface area contributed by atoms with E-state index in [1.807, 2.05) is 0 Å². The minimum atomic E-state index is 1.67. The molecule has 0 saturated carbocycles. The standard InChI is InChI=1S/H3IN2O/c1-2-3-4/h2-4H. The van der Waals surface area contributed by atoms with E-state index in [1.165, 1.54) is 0 Å². The third-order valence-electron chi connectivity index (χ3n) is 0.0423. The molecule has 26 valence electrons. The van der Waals surface area contributed by atoms with Gasteiger partial charge in [0.15, 0.2) is 0 Å². The molecule has 3 nitrogen and oxygen atoms in total. The van der Waals surface area contributed by atoms with Crippen LogP contribution in [0.4, 0.5) is 0 Å². The van der Waals surface area contributed by atoms with Gasteiger partial charge in [-0.05, 0) is 0 Å². The van der Waals surface area contributed by atoms with Crippen LogP contribution in [0.2, 0.25) is 0 Å². The van der Waals surface area contributed by atoms with E-state index in [0.29, 0.717) is 0 Å². The Hall–Kier alpha value is 0.610. The van der Waals surface area contributed by atoms with Gasteiger partial charge in [0.25, 0.3) is 0 Å². The molecule has 0 aromatic rings. The summed E-state index contributed by atoms with van der Waals surface area (Å²) in [6, 6.07) is 0. The van der Waals surface area contributed by atoms with E-state index in [9.17, 15) is 0 Å². The molecule has 0 unspecified atom stereocenters. The van der Waals surface area contributed by atoms with Crippen LogP contribution in [0.5, 0.6) is 0 Å². The highest BCUT2D eigenvalue weighted by molar-refractivity contribution is 14.1. The Bertz CT molecular complexity index is 8.00. The molecule has 0 radical (unpaired) electrons. The Morgan fingerprint density at radius 2 is 2.00 bits per heavy atom.